The number of carbonyl (C=O) groups is 1. The zero-order valence-corrected chi connectivity index (χ0v) is 9.93. The Kier molecular flexibility index (Phi) is 2.63. The molecule has 1 atom stereocenters. The van der Waals surface area contributed by atoms with Gasteiger partial charge in [-0.15, -0.1) is 0 Å². The summed E-state index contributed by atoms with van der Waals surface area (Å²) >= 11 is 0. The number of hydrogen-bond donors (Lipinski definition) is 1. The number of hydrogen-bond acceptors (Lipinski definition) is 3. The molecule has 0 bridgehead atoms. The summed E-state index contributed by atoms with van der Waals surface area (Å²) in [6.45, 7) is 1.04. The van der Waals surface area contributed by atoms with Gasteiger partial charge < -0.3 is 5.73 Å². The number of nitrogens with two attached hydrogens (primary N) is 1. The van der Waals surface area contributed by atoms with Crippen molar-refractivity contribution in [2.75, 3.05) is 12.3 Å². The monoisotopic (exact) mass is 230 g/mol. The molecular formula is C14H18N2O. The Bertz CT molecular complexity index is 440. The van der Waals surface area contributed by atoms with Crippen LogP contribution in [0.1, 0.15) is 37.3 Å². The van der Waals surface area contributed by atoms with Crippen LogP contribution in [0.15, 0.2) is 24.3 Å². The van der Waals surface area contributed by atoms with Crippen LogP contribution < -0.4 is 5.73 Å². The highest BCUT2D eigenvalue weighted by molar-refractivity contribution is 5.87. The number of piperidine rings is 1. The molecule has 2 N–H and O–H groups in total. The molecule has 2 fully saturated rings. The minimum absolute atomic E-state index is 0.0857. The summed E-state index contributed by atoms with van der Waals surface area (Å²) in [6, 6.07) is 8.31. The number of nitrogen functional groups attached to an aromatic ring is 1. The molecule has 1 unspecified atom stereocenters. The number of rotatable bonds is 2. The first-order valence-electron chi connectivity index (χ1n) is 6.40. The van der Waals surface area contributed by atoms with Crippen LogP contribution in [-0.2, 0) is 4.79 Å². The molecule has 1 aromatic rings. The van der Waals surface area contributed by atoms with Crippen molar-refractivity contribution < 1.29 is 4.79 Å². The van der Waals surface area contributed by atoms with E-state index in [-0.39, 0.29) is 6.04 Å². The molecule has 1 aromatic carbocycles. The van der Waals surface area contributed by atoms with Crippen LogP contribution in [0.2, 0.25) is 0 Å². The largest absolute Gasteiger partial charge is 0.398 e. The lowest BCUT2D eigenvalue weighted by molar-refractivity contribution is -0.127. The highest BCUT2D eigenvalue weighted by Crippen LogP contribution is 2.39. The van der Waals surface area contributed by atoms with Gasteiger partial charge in [0.15, 0.2) is 5.78 Å². The molecule has 0 aromatic heterocycles. The smallest absolute Gasteiger partial charge is 0.154 e. The molecule has 3 nitrogen and oxygen atoms in total. The average Bonchev–Trinajstić information content (AvgIpc) is 3.14. The van der Waals surface area contributed by atoms with Gasteiger partial charge in [0, 0.05) is 18.2 Å². The maximum atomic E-state index is 12.2. The summed E-state index contributed by atoms with van der Waals surface area (Å²) < 4.78 is 0. The second kappa shape index (κ2) is 4.15. The Morgan fingerprint density at radius 3 is 2.71 bits per heavy atom. The zero-order valence-electron chi connectivity index (χ0n) is 9.93. The van der Waals surface area contributed by atoms with Crippen LogP contribution in [0.25, 0.3) is 0 Å². The Morgan fingerprint density at radius 2 is 2.00 bits per heavy atom. The van der Waals surface area contributed by atoms with Gasteiger partial charge in [-0.1, -0.05) is 18.2 Å². The van der Waals surface area contributed by atoms with E-state index < -0.39 is 0 Å². The van der Waals surface area contributed by atoms with Crippen molar-refractivity contribution in [3.05, 3.63) is 29.8 Å². The third kappa shape index (κ3) is 1.95. The Labute approximate surface area is 102 Å². The second-order valence-corrected chi connectivity index (χ2v) is 5.07. The van der Waals surface area contributed by atoms with Crippen molar-refractivity contribution in [3.8, 4) is 0 Å². The van der Waals surface area contributed by atoms with Gasteiger partial charge in [-0.2, -0.15) is 0 Å². The quantitative estimate of drug-likeness (QED) is 0.792. The highest BCUT2D eigenvalue weighted by Gasteiger charge is 2.40. The standard InChI is InChI=1S/C14H18N2O/c15-12-5-2-1-4-11(12)14-13(17)6-3-9-16(14)10-7-8-10/h1-2,4-5,10,14H,3,6-9,15H2. The van der Waals surface area contributed by atoms with E-state index in [9.17, 15) is 4.79 Å². The average molecular weight is 230 g/mol. The van der Waals surface area contributed by atoms with Gasteiger partial charge in [0.1, 0.15) is 0 Å². The first-order chi connectivity index (χ1) is 8.27. The zero-order chi connectivity index (χ0) is 11.8. The number of Topliss-reactive ketones (excluding diaryl/α,β-unsaturated/α-hetero) is 1. The molecule has 0 radical (unpaired) electrons. The Morgan fingerprint density at radius 1 is 1.24 bits per heavy atom. The van der Waals surface area contributed by atoms with Crippen molar-refractivity contribution in [2.24, 2.45) is 0 Å². The summed E-state index contributed by atoms with van der Waals surface area (Å²) in [7, 11) is 0. The first kappa shape index (κ1) is 10.8. The van der Waals surface area contributed by atoms with Crippen LogP contribution in [0, 0.1) is 0 Å². The predicted molar refractivity (Wildman–Crippen MR) is 67.6 cm³/mol. The van der Waals surface area contributed by atoms with E-state index in [2.05, 4.69) is 4.90 Å². The van der Waals surface area contributed by atoms with Gasteiger partial charge in [-0.05, 0) is 37.4 Å². The lowest BCUT2D eigenvalue weighted by Gasteiger charge is -2.35. The van der Waals surface area contributed by atoms with E-state index in [0.717, 1.165) is 24.2 Å². The van der Waals surface area contributed by atoms with E-state index in [1.807, 2.05) is 24.3 Å². The molecule has 2 aliphatic rings. The van der Waals surface area contributed by atoms with Crippen LogP contribution in [0.5, 0.6) is 0 Å². The van der Waals surface area contributed by atoms with Crippen molar-refractivity contribution in [1.82, 2.24) is 4.90 Å². The minimum Gasteiger partial charge on any atom is -0.398 e. The maximum absolute atomic E-state index is 12.2. The van der Waals surface area contributed by atoms with Crippen molar-refractivity contribution in [2.45, 2.75) is 37.8 Å². The number of ketones is 1. The molecule has 17 heavy (non-hydrogen) atoms. The number of benzene rings is 1. The van der Waals surface area contributed by atoms with Crippen LogP contribution in [0.4, 0.5) is 5.69 Å². The SMILES string of the molecule is Nc1ccccc1C1C(=O)CCCN1C1CC1. The predicted octanol–water partition coefficient (Wildman–Crippen LogP) is 2.14. The summed E-state index contributed by atoms with van der Waals surface area (Å²) in [4.78, 5) is 14.6. The molecule has 3 heteroatoms. The van der Waals surface area contributed by atoms with Gasteiger partial charge in [0.2, 0.25) is 0 Å². The number of anilines is 1. The topological polar surface area (TPSA) is 46.3 Å². The number of carbonyl (C=O) groups excluding carboxylic acids is 1. The van der Waals surface area contributed by atoms with Gasteiger partial charge in [0.05, 0.1) is 6.04 Å². The van der Waals surface area contributed by atoms with Crippen molar-refractivity contribution >= 4 is 11.5 Å². The molecule has 0 amide bonds. The molecule has 1 saturated heterocycles. The Hall–Kier alpha value is -1.35. The summed E-state index contributed by atoms with van der Waals surface area (Å²) in [5.41, 5.74) is 7.77. The fourth-order valence-electron chi connectivity index (χ4n) is 2.80. The summed E-state index contributed by atoms with van der Waals surface area (Å²) in [6.07, 6.45) is 4.16. The maximum Gasteiger partial charge on any atom is 0.154 e. The van der Waals surface area contributed by atoms with Gasteiger partial charge >= 0.3 is 0 Å². The van der Waals surface area contributed by atoms with Crippen molar-refractivity contribution in [3.63, 3.8) is 0 Å². The van der Waals surface area contributed by atoms with E-state index in [4.69, 9.17) is 5.73 Å². The fourth-order valence-corrected chi connectivity index (χ4v) is 2.80. The first-order valence-corrected chi connectivity index (χ1v) is 6.40. The van der Waals surface area contributed by atoms with Gasteiger partial charge in [-0.3, -0.25) is 9.69 Å². The van der Waals surface area contributed by atoms with E-state index >= 15 is 0 Å². The lowest BCUT2D eigenvalue weighted by Crippen LogP contribution is -2.40. The lowest BCUT2D eigenvalue weighted by atomic mass is 9.92. The summed E-state index contributed by atoms with van der Waals surface area (Å²) in [5.74, 6) is 0.334. The molecule has 0 spiro atoms. The summed E-state index contributed by atoms with van der Waals surface area (Å²) in [5, 5.41) is 0. The third-order valence-electron chi connectivity index (χ3n) is 3.78. The van der Waals surface area contributed by atoms with Crippen molar-refractivity contribution in [1.29, 1.82) is 0 Å². The minimum atomic E-state index is -0.0857. The van der Waals surface area contributed by atoms with Crippen LogP contribution in [0.3, 0.4) is 0 Å². The number of nitrogens with zero attached hydrogens (tertiary/aromatic N) is 1. The molecule has 1 heterocycles. The highest BCUT2D eigenvalue weighted by atomic mass is 16.1. The van der Waals surface area contributed by atoms with E-state index in [1.54, 1.807) is 0 Å². The Balaban J connectivity index is 1.96. The van der Waals surface area contributed by atoms with E-state index in [1.165, 1.54) is 12.8 Å². The molecule has 90 valence electrons. The molecule has 1 saturated carbocycles. The van der Waals surface area contributed by atoms with E-state index in [0.29, 0.717) is 18.2 Å². The normalized spacial score (nSPS) is 26.1. The molecule has 1 aliphatic carbocycles. The number of likely N-dealkylation sites (tertiary alicyclic amines) is 1. The van der Waals surface area contributed by atoms with Crippen LogP contribution in [-0.4, -0.2) is 23.3 Å². The fraction of sp³-hybridized carbons (Fsp3) is 0.500. The third-order valence-corrected chi connectivity index (χ3v) is 3.78. The molecule has 3 rings (SSSR count). The van der Waals surface area contributed by atoms with Gasteiger partial charge in [-0.25, -0.2) is 0 Å². The molecule has 1 aliphatic heterocycles. The van der Waals surface area contributed by atoms with Crippen LogP contribution >= 0.6 is 0 Å². The number of para-hydroxylation sites is 1. The van der Waals surface area contributed by atoms with Gasteiger partial charge in [0.25, 0.3) is 0 Å². The molecular weight excluding hydrogens is 212 g/mol. The second-order valence-electron chi connectivity index (χ2n) is 5.07.